The van der Waals surface area contributed by atoms with Crippen LogP contribution in [0.5, 0.6) is 0 Å². The Morgan fingerprint density at radius 3 is 2.69 bits per heavy atom. The van der Waals surface area contributed by atoms with Crippen molar-refractivity contribution in [2.24, 2.45) is 0 Å². The fourth-order valence-corrected chi connectivity index (χ4v) is 1.27. The maximum absolute atomic E-state index is 11.6. The van der Waals surface area contributed by atoms with Gasteiger partial charge in [-0.3, -0.25) is 4.79 Å². The maximum atomic E-state index is 11.6. The van der Waals surface area contributed by atoms with Crippen LogP contribution in [0.1, 0.15) is 25.4 Å². The summed E-state index contributed by atoms with van der Waals surface area (Å²) in [4.78, 5) is 19.9. The molecule has 88 valence electrons. The summed E-state index contributed by atoms with van der Waals surface area (Å²) in [6.07, 6.45) is 1.61. The van der Waals surface area contributed by atoms with Crippen LogP contribution in [0.25, 0.3) is 0 Å². The zero-order valence-corrected chi connectivity index (χ0v) is 9.98. The molecule has 1 heterocycles. The standard InChI is InChI=1S/C11H16N2O3/c1-11(2,10(14)16-4)9-12-6-5-8(13-9)7-15-3/h5-6H,7H2,1-4H3. The molecule has 1 aromatic rings. The van der Waals surface area contributed by atoms with Crippen molar-refractivity contribution in [1.29, 1.82) is 0 Å². The molecule has 0 spiro atoms. The molecule has 0 unspecified atom stereocenters. The Bertz CT molecular complexity index is 377. The van der Waals surface area contributed by atoms with Crippen molar-refractivity contribution in [3.63, 3.8) is 0 Å². The molecule has 0 aromatic carbocycles. The van der Waals surface area contributed by atoms with E-state index in [1.807, 2.05) is 0 Å². The largest absolute Gasteiger partial charge is 0.468 e. The molecule has 0 saturated carbocycles. The summed E-state index contributed by atoms with van der Waals surface area (Å²) in [5.74, 6) is 0.0796. The lowest BCUT2D eigenvalue weighted by Gasteiger charge is -2.19. The summed E-state index contributed by atoms with van der Waals surface area (Å²) < 4.78 is 9.69. The van der Waals surface area contributed by atoms with Gasteiger partial charge in [0.15, 0.2) is 0 Å². The number of rotatable bonds is 4. The SMILES string of the molecule is COCc1ccnc(C(C)(C)C(=O)OC)n1. The molecule has 0 N–H and O–H groups in total. The van der Waals surface area contributed by atoms with Crippen LogP contribution in [0.3, 0.4) is 0 Å². The highest BCUT2D eigenvalue weighted by molar-refractivity contribution is 5.80. The summed E-state index contributed by atoms with van der Waals surface area (Å²) in [6.45, 7) is 3.85. The van der Waals surface area contributed by atoms with Gasteiger partial charge in [0.1, 0.15) is 11.2 Å². The third-order valence-corrected chi connectivity index (χ3v) is 2.26. The van der Waals surface area contributed by atoms with Crippen LogP contribution < -0.4 is 0 Å². The first-order chi connectivity index (χ1) is 7.52. The van der Waals surface area contributed by atoms with Crippen molar-refractivity contribution < 1.29 is 14.3 Å². The zero-order chi connectivity index (χ0) is 12.2. The number of hydrogen-bond acceptors (Lipinski definition) is 5. The van der Waals surface area contributed by atoms with Crippen LogP contribution in [0, 0.1) is 0 Å². The van der Waals surface area contributed by atoms with Gasteiger partial charge in [-0.25, -0.2) is 9.97 Å². The van der Waals surface area contributed by atoms with Crippen LogP contribution in [0.4, 0.5) is 0 Å². The molecule has 5 nitrogen and oxygen atoms in total. The molecule has 0 atom stereocenters. The van der Waals surface area contributed by atoms with E-state index in [1.54, 1.807) is 33.2 Å². The smallest absolute Gasteiger partial charge is 0.318 e. The number of carbonyl (C=O) groups excluding carboxylic acids is 1. The molecule has 16 heavy (non-hydrogen) atoms. The Morgan fingerprint density at radius 1 is 1.44 bits per heavy atom. The van der Waals surface area contributed by atoms with Crippen molar-refractivity contribution in [3.8, 4) is 0 Å². The molecular weight excluding hydrogens is 208 g/mol. The lowest BCUT2D eigenvalue weighted by Crippen LogP contribution is -2.32. The number of carbonyl (C=O) groups is 1. The first-order valence-corrected chi connectivity index (χ1v) is 4.92. The number of methoxy groups -OCH3 is 2. The Labute approximate surface area is 94.8 Å². The summed E-state index contributed by atoms with van der Waals surface area (Å²) in [7, 11) is 2.94. The Hall–Kier alpha value is -1.49. The van der Waals surface area contributed by atoms with Gasteiger partial charge in [-0.15, -0.1) is 0 Å². The number of nitrogens with zero attached hydrogens (tertiary/aromatic N) is 2. The van der Waals surface area contributed by atoms with E-state index in [0.717, 1.165) is 5.69 Å². The predicted octanol–water partition coefficient (Wildman–Crippen LogP) is 1.07. The summed E-state index contributed by atoms with van der Waals surface area (Å²) in [6, 6.07) is 1.75. The number of aromatic nitrogens is 2. The van der Waals surface area contributed by atoms with Crippen molar-refractivity contribution >= 4 is 5.97 Å². The minimum atomic E-state index is -0.849. The highest BCUT2D eigenvalue weighted by atomic mass is 16.5. The second-order valence-electron chi connectivity index (χ2n) is 3.92. The average Bonchev–Trinajstić information content (AvgIpc) is 2.28. The summed E-state index contributed by atoms with van der Waals surface area (Å²) in [5, 5.41) is 0. The van der Waals surface area contributed by atoms with E-state index in [2.05, 4.69) is 9.97 Å². The van der Waals surface area contributed by atoms with Crippen LogP contribution in [0.15, 0.2) is 12.3 Å². The van der Waals surface area contributed by atoms with Gasteiger partial charge in [-0.05, 0) is 19.9 Å². The quantitative estimate of drug-likeness (QED) is 0.716. The normalized spacial score (nSPS) is 11.2. The molecule has 0 aliphatic rings. The highest BCUT2D eigenvalue weighted by Gasteiger charge is 2.34. The van der Waals surface area contributed by atoms with Gasteiger partial charge in [0.2, 0.25) is 0 Å². The Kier molecular flexibility index (Phi) is 3.95. The van der Waals surface area contributed by atoms with Gasteiger partial charge >= 0.3 is 5.97 Å². The van der Waals surface area contributed by atoms with Gasteiger partial charge in [-0.1, -0.05) is 0 Å². The number of esters is 1. The van der Waals surface area contributed by atoms with Crippen LogP contribution in [0.2, 0.25) is 0 Å². The minimum Gasteiger partial charge on any atom is -0.468 e. The highest BCUT2D eigenvalue weighted by Crippen LogP contribution is 2.20. The number of ether oxygens (including phenoxy) is 2. The van der Waals surface area contributed by atoms with Gasteiger partial charge < -0.3 is 9.47 Å². The minimum absolute atomic E-state index is 0.359. The second kappa shape index (κ2) is 5.03. The lowest BCUT2D eigenvalue weighted by atomic mass is 9.92. The monoisotopic (exact) mass is 224 g/mol. The molecule has 0 aliphatic carbocycles. The summed E-state index contributed by atoms with van der Waals surface area (Å²) >= 11 is 0. The van der Waals surface area contributed by atoms with E-state index < -0.39 is 5.41 Å². The lowest BCUT2D eigenvalue weighted by molar-refractivity contribution is -0.146. The zero-order valence-electron chi connectivity index (χ0n) is 9.98. The van der Waals surface area contributed by atoms with E-state index in [4.69, 9.17) is 9.47 Å². The Morgan fingerprint density at radius 2 is 2.12 bits per heavy atom. The second-order valence-corrected chi connectivity index (χ2v) is 3.92. The van der Waals surface area contributed by atoms with Gasteiger partial charge in [0.05, 0.1) is 19.4 Å². The first kappa shape index (κ1) is 12.6. The molecule has 0 aliphatic heterocycles. The van der Waals surface area contributed by atoms with E-state index in [0.29, 0.717) is 12.4 Å². The van der Waals surface area contributed by atoms with Crippen molar-refractivity contribution in [2.45, 2.75) is 25.9 Å². The predicted molar refractivity (Wildman–Crippen MR) is 57.8 cm³/mol. The molecule has 0 saturated heterocycles. The fraction of sp³-hybridized carbons (Fsp3) is 0.545. The number of hydrogen-bond donors (Lipinski definition) is 0. The van der Waals surface area contributed by atoms with E-state index >= 15 is 0 Å². The van der Waals surface area contributed by atoms with Gasteiger partial charge in [0, 0.05) is 13.3 Å². The third kappa shape index (κ3) is 2.55. The molecular formula is C11H16N2O3. The molecule has 0 fully saturated rings. The molecule has 5 heteroatoms. The van der Waals surface area contributed by atoms with Crippen LogP contribution >= 0.6 is 0 Å². The van der Waals surface area contributed by atoms with Crippen molar-refractivity contribution in [3.05, 3.63) is 23.8 Å². The van der Waals surface area contributed by atoms with Crippen molar-refractivity contribution in [1.82, 2.24) is 9.97 Å². The molecule has 1 rings (SSSR count). The Balaban J connectivity index is 3.03. The topological polar surface area (TPSA) is 61.3 Å². The van der Waals surface area contributed by atoms with E-state index in [9.17, 15) is 4.79 Å². The third-order valence-electron chi connectivity index (χ3n) is 2.26. The summed E-state index contributed by atoms with van der Waals surface area (Å²) in [5.41, 5.74) is -0.108. The molecule has 0 bridgehead atoms. The van der Waals surface area contributed by atoms with Gasteiger partial charge in [-0.2, -0.15) is 0 Å². The maximum Gasteiger partial charge on any atom is 0.318 e. The first-order valence-electron chi connectivity index (χ1n) is 4.92. The van der Waals surface area contributed by atoms with Gasteiger partial charge in [0.25, 0.3) is 0 Å². The molecule has 1 aromatic heterocycles. The van der Waals surface area contributed by atoms with Crippen LogP contribution in [-0.2, 0) is 26.3 Å². The van der Waals surface area contributed by atoms with E-state index in [-0.39, 0.29) is 5.97 Å². The molecule has 0 amide bonds. The fourth-order valence-electron chi connectivity index (χ4n) is 1.27. The van der Waals surface area contributed by atoms with E-state index in [1.165, 1.54) is 7.11 Å². The van der Waals surface area contributed by atoms with Crippen LogP contribution in [-0.4, -0.2) is 30.2 Å². The van der Waals surface area contributed by atoms with Crippen molar-refractivity contribution in [2.75, 3.05) is 14.2 Å². The average molecular weight is 224 g/mol. The molecule has 0 radical (unpaired) electrons.